The molecule has 0 aromatic carbocycles. The van der Waals surface area contributed by atoms with E-state index in [4.69, 9.17) is 4.74 Å². The molecule has 0 radical (unpaired) electrons. The summed E-state index contributed by atoms with van der Waals surface area (Å²) in [6, 6.07) is 0. The highest BCUT2D eigenvalue weighted by Crippen LogP contribution is 2.04. The second kappa shape index (κ2) is 4.15. The van der Waals surface area contributed by atoms with Gasteiger partial charge in [0.15, 0.2) is 0 Å². The maximum Gasteiger partial charge on any atom is 0.0699 e. The highest BCUT2D eigenvalue weighted by atomic mass is 32.2. The number of morpholine rings is 1. The number of nitrogens with zero attached hydrogens (tertiary/aromatic N) is 1. The van der Waals surface area contributed by atoms with E-state index in [-0.39, 0.29) is 5.37 Å². The van der Waals surface area contributed by atoms with Gasteiger partial charge < -0.3 is 9.29 Å². The van der Waals surface area contributed by atoms with Crippen molar-refractivity contribution < 1.29 is 13.5 Å². The molecule has 2 atom stereocenters. The quantitative estimate of drug-likeness (QED) is 0.537. The first-order chi connectivity index (χ1) is 5.22. The average molecular weight is 178 g/mol. The van der Waals surface area contributed by atoms with Crippen molar-refractivity contribution in [2.75, 3.05) is 26.3 Å². The van der Waals surface area contributed by atoms with Crippen LogP contribution in [0.3, 0.4) is 0 Å². The predicted molar refractivity (Wildman–Crippen MR) is 40.8 cm³/mol. The first kappa shape index (κ1) is 9.12. The number of ether oxygens (including phenoxy) is 1. The molecule has 0 bridgehead atoms. The standard InChI is InChI=1S/C6H13NO3S/c1-6(11(8)9)7-2-4-10-5-3-7/h6H,2-5H2,1H3,(H,8,9)/p-1. The largest absolute Gasteiger partial charge is 0.771 e. The summed E-state index contributed by atoms with van der Waals surface area (Å²) in [5.74, 6) is 0. The lowest BCUT2D eigenvalue weighted by Crippen LogP contribution is -2.43. The average Bonchev–Trinajstić information content (AvgIpc) is 2.05. The molecule has 1 aliphatic rings. The zero-order chi connectivity index (χ0) is 8.27. The minimum atomic E-state index is -1.99. The fourth-order valence-corrected chi connectivity index (χ4v) is 1.52. The summed E-state index contributed by atoms with van der Waals surface area (Å²) >= 11 is -1.99. The summed E-state index contributed by atoms with van der Waals surface area (Å²) in [4.78, 5) is 1.90. The zero-order valence-electron chi connectivity index (χ0n) is 6.49. The normalized spacial score (nSPS) is 26.4. The van der Waals surface area contributed by atoms with E-state index in [1.165, 1.54) is 0 Å². The van der Waals surface area contributed by atoms with E-state index >= 15 is 0 Å². The van der Waals surface area contributed by atoms with E-state index in [0.717, 1.165) is 13.1 Å². The molecule has 1 fully saturated rings. The van der Waals surface area contributed by atoms with Gasteiger partial charge in [0.25, 0.3) is 0 Å². The molecule has 2 unspecified atom stereocenters. The summed E-state index contributed by atoms with van der Waals surface area (Å²) in [7, 11) is 0. The van der Waals surface area contributed by atoms with Gasteiger partial charge in [-0.05, 0) is 18.0 Å². The summed E-state index contributed by atoms with van der Waals surface area (Å²) < 4.78 is 26.1. The minimum absolute atomic E-state index is 0.376. The lowest BCUT2D eigenvalue weighted by molar-refractivity contribution is 0.0334. The molecule has 4 nitrogen and oxygen atoms in total. The van der Waals surface area contributed by atoms with Crippen molar-refractivity contribution in [2.45, 2.75) is 12.3 Å². The highest BCUT2D eigenvalue weighted by molar-refractivity contribution is 7.79. The molecule has 0 N–H and O–H groups in total. The van der Waals surface area contributed by atoms with E-state index in [1.807, 2.05) is 4.90 Å². The third-order valence-electron chi connectivity index (χ3n) is 1.84. The fourth-order valence-electron chi connectivity index (χ4n) is 1.06. The molecule has 0 amide bonds. The van der Waals surface area contributed by atoms with E-state index in [9.17, 15) is 8.76 Å². The monoisotopic (exact) mass is 178 g/mol. The van der Waals surface area contributed by atoms with Gasteiger partial charge in [-0.2, -0.15) is 0 Å². The van der Waals surface area contributed by atoms with Crippen LogP contribution in [0, 0.1) is 0 Å². The van der Waals surface area contributed by atoms with E-state index < -0.39 is 11.1 Å². The van der Waals surface area contributed by atoms with Crippen LogP contribution in [0.25, 0.3) is 0 Å². The van der Waals surface area contributed by atoms with Gasteiger partial charge in [-0.15, -0.1) is 0 Å². The lowest BCUT2D eigenvalue weighted by atomic mass is 10.4. The van der Waals surface area contributed by atoms with Crippen molar-refractivity contribution in [3.8, 4) is 0 Å². The number of hydrogen-bond donors (Lipinski definition) is 0. The smallest absolute Gasteiger partial charge is 0.0699 e. The molecule has 5 heteroatoms. The minimum Gasteiger partial charge on any atom is -0.771 e. The van der Waals surface area contributed by atoms with Crippen molar-refractivity contribution in [1.82, 2.24) is 4.90 Å². The number of hydrogen-bond acceptors (Lipinski definition) is 4. The molecule has 0 aliphatic carbocycles. The molecule has 0 aromatic rings. The maximum atomic E-state index is 10.5. The van der Waals surface area contributed by atoms with Crippen LogP contribution in [0.15, 0.2) is 0 Å². The first-order valence-electron chi connectivity index (χ1n) is 3.61. The van der Waals surface area contributed by atoms with Crippen molar-refractivity contribution >= 4 is 11.1 Å². The Balaban J connectivity index is 2.38. The van der Waals surface area contributed by atoms with Crippen LogP contribution in [-0.4, -0.2) is 45.3 Å². The second-order valence-corrected chi connectivity index (χ2v) is 3.71. The van der Waals surface area contributed by atoms with Gasteiger partial charge in [0.1, 0.15) is 0 Å². The SMILES string of the molecule is CC(N1CCOCC1)S(=O)[O-]. The van der Waals surface area contributed by atoms with Crippen LogP contribution in [0.5, 0.6) is 0 Å². The van der Waals surface area contributed by atoms with Crippen LogP contribution >= 0.6 is 0 Å². The Morgan fingerprint density at radius 3 is 2.55 bits per heavy atom. The van der Waals surface area contributed by atoms with Gasteiger partial charge in [-0.1, -0.05) is 0 Å². The summed E-state index contributed by atoms with van der Waals surface area (Å²) in [5, 5.41) is -0.376. The summed E-state index contributed by atoms with van der Waals surface area (Å²) in [6.07, 6.45) is 0. The zero-order valence-corrected chi connectivity index (χ0v) is 7.30. The van der Waals surface area contributed by atoms with Crippen molar-refractivity contribution in [3.05, 3.63) is 0 Å². The Kier molecular flexibility index (Phi) is 3.45. The van der Waals surface area contributed by atoms with E-state index in [0.29, 0.717) is 13.2 Å². The Hall–Kier alpha value is 0.0300. The Labute approximate surface area is 68.8 Å². The third-order valence-corrected chi connectivity index (χ3v) is 2.69. The van der Waals surface area contributed by atoms with Gasteiger partial charge in [-0.25, -0.2) is 0 Å². The Morgan fingerprint density at radius 2 is 2.09 bits per heavy atom. The van der Waals surface area contributed by atoms with Gasteiger partial charge in [-0.3, -0.25) is 9.11 Å². The predicted octanol–water partition coefficient (Wildman–Crippen LogP) is -0.456. The van der Waals surface area contributed by atoms with Crippen molar-refractivity contribution in [3.63, 3.8) is 0 Å². The van der Waals surface area contributed by atoms with Gasteiger partial charge in [0.05, 0.1) is 18.6 Å². The van der Waals surface area contributed by atoms with Crippen molar-refractivity contribution in [2.24, 2.45) is 0 Å². The first-order valence-corrected chi connectivity index (χ1v) is 4.75. The summed E-state index contributed by atoms with van der Waals surface area (Å²) in [5.41, 5.74) is 0. The molecule has 11 heavy (non-hydrogen) atoms. The molecular weight excluding hydrogens is 166 g/mol. The molecule has 0 aromatic heterocycles. The molecular formula is C6H12NO3S-. The molecule has 1 rings (SSSR count). The van der Waals surface area contributed by atoms with E-state index in [1.54, 1.807) is 6.92 Å². The molecule has 0 saturated carbocycles. The van der Waals surface area contributed by atoms with Gasteiger partial charge in [0, 0.05) is 13.1 Å². The fraction of sp³-hybridized carbons (Fsp3) is 1.00. The highest BCUT2D eigenvalue weighted by Gasteiger charge is 2.16. The summed E-state index contributed by atoms with van der Waals surface area (Å²) in [6.45, 7) is 4.40. The number of rotatable bonds is 2. The van der Waals surface area contributed by atoms with Crippen LogP contribution in [0.2, 0.25) is 0 Å². The molecule has 1 heterocycles. The molecule has 1 aliphatic heterocycles. The van der Waals surface area contributed by atoms with Crippen LogP contribution in [0.4, 0.5) is 0 Å². The Bertz CT molecular complexity index is 147. The second-order valence-electron chi connectivity index (χ2n) is 2.51. The van der Waals surface area contributed by atoms with Gasteiger partial charge in [0.2, 0.25) is 0 Å². The van der Waals surface area contributed by atoms with E-state index in [2.05, 4.69) is 0 Å². The molecule has 66 valence electrons. The van der Waals surface area contributed by atoms with Crippen LogP contribution in [0.1, 0.15) is 6.92 Å². The van der Waals surface area contributed by atoms with Crippen LogP contribution in [-0.2, 0) is 15.8 Å². The van der Waals surface area contributed by atoms with Crippen molar-refractivity contribution in [1.29, 1.82) is 0 Å². The van der Waals surface area contributed by atoms with Crippen LogP contribution < -0.4 is 0 Å². The topological polar surface area (TPSA) is 52.6 Å². The van der Waals surface area contributed by atoms with Gasteiger partial charge >= 0.3 is 0 Å². The Morgan fingerprint density at radius 1 is 1.55 bits per heavy atom. The maximum absolute atomic E-state index is 10.5. The third kappa shape index (κ3) is 2.52. The molecule has 0 spiro atoms. The molecule has 1 saturated heterocycles. The lowest BCUT2D eigenvalue weighted by Gasteiger charge is -2.33.